The van der Waals surface area contributed by atoms with Crippen LogP contribution in [-0.4, -0.2) is 41.6 Å². The minimum atomic E-state index is -0.199. The van der Waals surface area contributed by atoms with Gasteiger partial charge in [-0.05, 0) is 11.3 Å². The molecule has 0 atom stereocenters. The molecule has 24 heavy (non-hydrogen) atoms. The number of hydrogen-bond donors (Lipinski definition) is 0. The molecular weight excluding hydrogens is 291 g/mol. The number of hydrogen-bond acceptors (Lipinski definition) is 3. The first-order chi connectivity index (χ1) is 10.9. The normalized spacial score (nSPS) is 12.8. The molecule has 0 saturated carbocycles. The summed E-state index contributed by atoms with van der Waals surface area (Å²) < 4.78 is 6.18. The molecule has 0 aliphatic carbocycles. The molecule has 1 aromatic carbocycles. The second-order valence-corrected chi connectivity index (χ2v) is 8.53. The van der Waals surface area contributed by atoms with Crippen LogP contribution in [-0.2, 0) is 5.41 Å². The van der Waals surface area contributed by atoms with E-state index in [2.05, 4.69) is 89.2 Å². The summed E-state index contributed by atoms with van der Waals surface area (Å²) in [6.45, 7) is 13.4. The van der Waals surface area contributed by atoms with Crippen molar-refractivity contribution in [3.05, 3.63) is 12.0 Å². The second kappa shape index (κ2) is 6.16. The Morgan fingerprint density at radius 2 is 1.50 bits per heavy atom. The van der Waals surface area contributed by atoms with E-state index < -0.39 is 0 Å². The molecule has 0 saturated heterocycles. The van der Waals surface area contributed by atoms with E-state index in [1.807, 2.05) is 0 Å². The highest BCUT2D eigenvalue weighted by Crippen LogP contribution is 2.46. The molecule has 0 fully saturated rings. The summed E-state index contributed by atoms with van der Waals surface area (Å²) in [5.41, 5.74) is 6.00. The summed E-state index contributed by atoms with van der Waals surface area (Å²) in [7, 11) is 8.58. The van der Waals surface area contributed by atoms with Crippen LogP contribution >= 0.6 is 0 Å². The van der Waals surface area contributed by atoms with Crippen LogP contribution in [0.25, 0.3) is 11.5 Å². The summed E-state index contributed by atoms with van der Waals surface area (Å²) in [5, 5.41) is 8.80. The predicted octanol–water partition coefficient (Wildman–Crippen LogP) is -2.27. The summed E-state index contributed by atoms with van der Waals surface area (Å²) in [5.74, 6) is 1.85. The largest absolute Gasteiger partial charge is 0.420 e. The van der Waals surface area contributed by atoms with E-state index in [1.165, 1.54) is 21.9 Å². The van der Waals surface area contributed by atoms with Crippen molar-refractivity contribution in [2.24, 2.45) is 11.3 Å². The monoisotopic (exact) mass is 320 g/mol. The number of rotatable bonds is 4. The van der Waals surface area contributed by atoms with Crippen LogP contribution in [0.3, 0.4) is 0 Å². The Morgan fingerprint density at radius 3 is 2.04 bits per heavy atom. The molecule has 124 valence electrons. The number of nitrogens with zero attached hydrogens (tertiary/aromatic N) is 2. The maximum absolute atomic E-state index is 6.18. The predicted molar refractivity (Wildman–Crippen MR) is 114 cm³/mol. The molecule has 0 unspecified atom stereocenters. The lowest BCUT2D eigenvalue weighted by Crippen LogP contribution is -2.47. The molecule has 0 amide bonds. The lowest BCUT2D eigenvalue weighted by Gasteiger charge is -2.42. The van der Waals surface area contributed by atoms with Gasteiger partial charge in [0.25, 0.3) is 0 Å². The minimum absolute atomic E-state index is 0.0466. The van der Waals surface area contributed by atoms with Crippen LogP contribution in [0.2, 0.25) is 0 Å². The SMILES string of the molecule is Bc1cc(-c2nnc(C(C)(C)C(C)(C)C(C)C)o2)c(B)c(B)c1B. The maximum Gasteiger partial charge on any atom is 0.247 e. The Kier molecular flexibility index (Phi) is 4.87. The average Bonchev–Trinajstić information content (AvgIpc) is 2.98. The minimum Gasteiger partial charge on any atom is -0.420 e. The van der Waals surface area contributed by atoms with Gasteiger partial charge < -0.3 is 4.42 Å². The van der Waals surface area contributed by atoms with Crippen molar-refractivity contribution in [1.82, 2.24) is 10.2 Å². The Balaban J connectivity index is 2.53. The fraction of sp³-hybridized carbons (Fsp3) is 0.529. The van der Waals surface area contributed by atoms with E-state index >= 15 is 0 Å². The Morgan fingerprint density at radius 1 is 0.917 bits per heavy atom. The van der Waals surface area contributed by atoms with Crippen LogP contribution in [0.5, 0.6) is 0 Å². The van der Waals surface area contributed by atoms with Gasteiger partial charge in [-0.15, -0.1) is 21.1 Å². The van der Waals surface area contributed by atoms with Crippen molar-refractivity contribution in [2.75, 3.05) is 0 Å². The van der Waals surface area contributed by atoms with Gasteiger partial charge >= 0.3 is 0 Å². The zero-order valence-corrected chi connectivity index (χ0v) is 17.0. The molecule has 7 heteroatoms. The average molecular weight is 320 g/mol. The zero-order valence-electron chi connectivity index (χ0n) is 17.0. The van der Waals surface area contributed by atoms with Crippen LogP contribution in [0.15, 0.2) is 10.5 Å². The van der Waals surface area contributed by atoms with Gasteiger partial charge in [-0.1, -0.05) is 58.5 Å². The van der Waals surface area contributed by atoms with Gasteiger partial charge in [0.15, 0.2) is 0 Å². The van der Waals surface area contributed by atoms with Gasteiger partial charge in [0.05, 0.1) is 0 Å². The van der Waals surface area contributed by atoms with E-state index in [0.29, 0.717) is 17.7 Å². The molecule has 2 aromatic rings. The quantitative estimate of drug-likeness (QED) is 0.597. The van der Waals surface area contributed by atoms with Gasteiger partial charge in [0, 0.05) is 11.0 Å². The summed E-state index contributed by atoms with van der Waals surface area (Å²) >= 11 is 0. The van der Waals surface area contributed by atoms with E-state index in [4.69, 9.17) is 4.42 Å². The van der Waals surface area contributed by atoms with Crippen molar-refractivity contribution < 1.29 is 4.42 Å². The van der Waals surface area contributed by atoms with Gasteiger partial charge in [0.1, 0.15) is 31.4 Å². The third-order valence-corrected chi connectivity index (χ3v) is 6.73. The maximum atomic E-state index is 6.18. The topological polar surface area (TPSA) is 38.9 Å². The molecule has 2 rings (SSSR count). The molecule has 0 radical (unpaired) electrons. The zero-order chi connectivity index (χ0) is 18.4. The first-order valence-electron chi connectivity index (χ1n) is 8.83. The van der Waals surface area contributed by atoms with E-state index in [-0.39, 0.29) is 10.8 Å². The molecule has 0 spiro atoms. The summed E-state index contributed by atoms with van der Waals surface area (Å²) in [6.07, 6.45) is 0. The first-order valence-corrected chi connectivity index (χ1v) is 8.83. The highest BCUT2D eigenvalue weighted by molar-refractivity contribution is 6.63. The third-order valence-electron chi connectivity index (χ3n) is 6.73. The van der Waals surface area contributed by atoms with Crippen molar-refractivity contribution in [3.8, 4) is 11.5 Å². The van der Waals surface area contributed by atoms with Crippen molar-refractivity contribution >= 4 is 53.2 Å². The van der Waals surface area contributed by atoms with Gasteiger partial charge in [-0.3, -0.25) is 0 Å². The smallest absolute Gasteiger partial charge is 0.247 e. The first kappa shape index (κ1) is 19.0. The molecule has 0 N–H and O–H groups in total. The van der Waals surface area contributed by atoms with Gasteiger partial charge in [-0.25, -0.2) is 0 Å². The fourth-order valence-electron chi connectivity index (χ4n) is 3.02. The molecule has 0 bridgehead atoms. The van der Waals surface area contributed by atoms with Gasteiger partial charge in [-0.2, -0.15) is 0 Å². The summed E-state index contributed by atoms with van der Waals surface area (Å²) in [6, 6.07) is 2.16. The number of aromatic nitrogens is 2. The van der Waals surface area contributed by atoms with Gasteiger partial charge in [0.2, 0.25) is 11.8 Å². The highest BCUT2D eigenvalue weighted by Gasteiger charge is 2.44. The Hall–Kier alpha value is -1.38. The lowest BCUT2D eigenvalue weighted by molar-refractivity contribution is 0.101. The fourth-order valence-corrected chi connectivity index (χ4v) is 3.02. The van der Waals surface area contributed by atoms with Crippen LogP contribution in [0.4, 0.5) is 0 Å². The van der Waals surface area contributed by atoms with E-state index in [9.17, 15) is 0 Å². The van der Waals surface area contributed by atoms with Crippen LogP contribution in [0, 0.1) is 11.3 Å². The molecular formula is C17H28B4N2O. The van der Waals surface area contributed by atoms with E-state index in [1.54, 1.807) is 0 Å². The molecule has 0 aliphatic rings. The highest BCUT2D eigenvalue weighted by atomic mass is 16.4. The molecule has 3 nitrogen and oxygen atoms in total. The van der Waals surface area contributed by atoms with Crippen LogP contribution < -0.4 is 21.9 Å². The number of benzene rings is 1. The Labute approximate surface area is 150 Å². The molecule has 1 heterocycles. The lowest BCUT2D eigenvalue weighted by atomic mass is 9.62. The second-order valence-electron chi connectivity index (χ2n) is 8.53. The van der Waals surface area contributed by atoms with Crippen molar-refractivity contribution in [1.29, 1.82) is 0 Å². The molecule has 0 aliphatic heterocycles. The van der Waals surface area contributed by atoms with Crippen LogP contribution in [0.1, 0.15) is 47.4 Å². The summed E-state index contributed by atoms with van der Waals surface area (Å²) in [4.78, 5) is 0. The van der Waals surface area contributed by atoms with E-state index in [0.717, 1.165) is 5.56 Å². The third kappa shape index (κ3) is 2.87. The Bertz CT molecular complexity index is 766. The standard InChI is InChI=1S/C17H28B4N2O/c1-8(2)16(3,4)17(5,6)15-23-22-14(24-15)9-7-10(18)12(20)13(21)11(9)19/h7-8H,18-21H2,1-6H3. The van der Waals surface area contributed by atoms with Crippen molar-refractivity contribution in [2.45, 2.75) is 47.0 Å². The molecule has 1 aromatic heterocycles. The van der Waals surface area contributed by atoms with Crippen molar-refractivity contribution in [3.63, 3.8) is 0 Å².